The maximum absolute atomic E-state index is 12.8. The van der Waals surface area contributed by atoms with Gasteiger partial charge < -0.3 is 14.9 Å². The number of nitriles is 1. The third-order valence-corrected chi connectivity index (χ3v) is 9.63. The molecule has 2 saturated heterocycles. The molecule has 1 aliphatic carbocycles. The summed E-state index contributed by atoms with van der Waals surface area (Å²) in [6.07, 6.45) is 6.53. The Bertz CT molecular complexity index is 1240. The fraction of sp³-hybridized carbons (Fsp3) is 0.667. The number of sulfonamides is 1. The topological polar surface area (TPSA) is 161 Å². The molecular weight excluding hydrogens is 522 g/mol. The molecule has 1 saturated carbocycles. The first-order chi connectivity index (χ1) is 18.6. The van der Waals surface area contributed by atoms with Crippen LogP contribution in [0.25, 0.3) is 0 Å². The van der Waals surface area contributed by atoms with Crippen LogP contribution >= 0.6 is 0 Å². The number of nitrogens with one attached hydrogen (secondary N) is 1. The largest absolute Gasteiger partial charge is 0.478 e. The lowest BCUT2D eigenvalue weighted by atomic mass is 9.84. The van der Waals surface area contributed by atoms with Gasteiger partial charge in [0, 0.05) is 32.0 Å². The molecule has 0 radical (unpaired) electrons. The smallest absolute Gasteiger partial charge is 0.337 e. The number of carboxylic acids is 1. The molecule has 2 amide bonds. The first-order valence-corrected chi connectivity index (χ1v) is 15.5. The first-order valence-electron chi connectivity index (χ1n) is 13.8. The van der Waals surface area contributed by atoms with Crippen LogP contribution in [0.3, 0.4) is 0 Å². The molecule has 2 aliphatic heterocycles. The van der Waals surface area contributed by atoms with Gasteiger partial charge in [0.05, 0.1) is 29.1 Å². The quantitative estimate of drug-likeness (QED) is 0.488. The second-order valence-corrected chi connectivity index (χ2v) is 12.9. The van der Waals surface area contributed by atoms with Crippen molar-refractivity contribution in [1.29, 1.82) is 5.26 Å². The summed E-state index contributed by atoms with van der Waals surface area (Å²) >= 11 is 0. The minimum atomic E-state index is -3.72. The van der Waals surface area contributed by atoms with Crippen molar-refractivity contribution in [2.75, 3.05) is 30.3 Å². The lowest BCUT2D eigenvalue weighted by Crippen LogP contribution is -2.44. The van der Waals surface area contributed by atoms with Crippen LogP contribution in [0.1, 0.15) is 86.3 Å². The number of piperidine rings is 2. The summed E-state index contributed by atoms with van der Waals surface area (Å²) in [5.41, 5.74) is 0.212. The molecule has 11 nitrogen and oxygen atoms in total. The van der Waals surface area contributed by atoms with Gasteiger partial charge >= 0.3 is 5.97 Å². The molecule has 0 atom stereocenters. The highest BCUT2D eigenvalue weighted by molar-refractivity contribution is 7.90. The fourth-order valence-corrected chi connectivity index (χ4v) is 7.33. The number of rotatable bonds is 8. The molecule has 0 aromatic carbocycles. The number of carbonyl (C=O) groups excluding carboxylic acids is 2. The van der Waals surface area contributed by atoms with E-state index in [-0.39, 0.29) is 40.9 Å². The van der Waals surface area contributed by atoms with Crippen molar-refractivity contribution in [2.45, 2.75) is 71.3 Å². The Morgan fingerprint density at radius 2 is 1.82 bits per heavy atom. The average Bonchev–Trinajstić information content (AvgIpc) is 2.90. The van der Waals surface area contributed by atoms with Gasteiger partial charge in [-0.3, -0.25) is 14.3 Å². The SMILES string of the molecule is CC1CCC(CS(=O)(=O)NC(=O)C2CCN(c3nc(CN4CCCCC4=O)c(C(=O)O)cc3C#N)CC2)CC1. The third kappa shape index (κ3) is 7.26. The van der Waals surface area contributed by atoms with Crippen LogP contribution in [0.2, 0.25) is 0 Å². The van der Waals surface area contributed by atoms with E-state index < -0.39 is 27.8 Å². The van der Waals surface area contributed by atoms with Gasteiger partial charge in [-0.05, 0) is 56.4 Å². The van der Waals surface area contributed by atoms with Gasteiger partial charge in [-0.15, -0.1) is 0 Å². The van der Waals surface area contributed by atoms with Gasteiger partial charge in [-0.25, -0.2) is 18.2 Å². The van der Waals surface area contributed by atoms with Crippen molar-refractivity contribution in [2.24, 2.45) is 17.8 Å². The molecule has 3 heterocycles. The Morgan fingerprint density at radius 3 is 2.44 bits per heavy atom. The van der Waals surface area contributed by atoms with E-state index >= 15 is 0 Å². The molecule has 1 aromatic heterocycles. The van der Waals surface area contributed by atoms with Gasteiger partial charge in [0.15, 0.2) is 0 Å². The van der Waals surface area contributed by atoms with Crippen molar-refractivity contribution in [3.05, 3.63) is 22.9 Å². The number of aromatic carboxylic acids is 1. The predicted octanol–water partition coefficient (Wildman–Crippen LogP) is 2.65. The number of pyridine rings is 1. The Hall–Kier alpha value is -3.20. The van der Waals surface area contributed by atoms with Crippen molar-refractivity contribution in [1.82, 2.24) is 14.6 Å². The summed E-state index contributed by atoms with van der Waals surface area (Å²) in [7, 11) is -3.72. The van der Waals surface area contributed by atoms with Gasteiger partial charge in [0.2, 0.25) is 21.8 Å². The Balaban J connectivity index is 1.41. The van der Waals surface area contributed by atoms with Gasteiger partial charge in [-0.2, -0.15) is 5.26 Å². The van der Waals surface area contributed by atoms with E-state index in [2.05, 4.69) is 16.6 Å². The normalized spacial score (nSPS) is 22.8. The fourth-order valence-electron chi connectivity index (χ4n) is 5.82. The summed E-state index contributed by atoms with van der Waals surface area (Å²) in [4.78, 5) is 45.0. The maximum atomic E-state index is 12.8. The molecule has 4 rings (SSSR count). The standard InChI is InChI=1S/C27H37N5O6S/c1-18-5-7-19(8-6-18)17-39(37,38)30-26(34)20-9-12-31(13-10-20)25-21(15-28)14-22(27(35)36)23(29-25)16-32-11-3-2-4-24(32)33/h14,18-20H,2-13,16-17H2,1H3,(H,30,34)(H,35,36). The molecule has 0 unspecified atom stereocenters. The molecule has 12 heteroatoms. The summed E-state index contributed by atoms with van der Waals surface area (Å²) in [5.74, 6) is -1.28. The van der Waals surface area contributed by atoms with Crippen molar-refractivity contribution >= 4 is 33.6 Å². The third-order valence-electron chi connectivity index (χ3n) is 8.21. The molecule has 1 aromatic rings. The molecule has 3 aliphatic rings. The molecule has 0 spiro atoms. The summed E-state index contributed by atoms with van der Waals surface area (Å²) < 4.78 is 27.6. The number of hydrogen-bond acceptors (Lipinski definition) is 8. The first kappa shape index (κ1) is 28.8. The minimum Gasteiger partial charge on any atom is -0.478 e. The monoisotopic (exact) mass is 559 g/mol. The second kappa shape index (κ2) is 12.3. The van der Waals surface area contributed by atoms with Crippen LogP contribution in [0.15, 0.2) is 6.07 Å². The van der Waals surface area contributed by atoms with E-state index in [4.69, 9.17) is 0 Å². The number of carboxylic acid groups (broad SMARTS) is 1. The van der Waals surface area contributed by atoms with E-state index in [1.807, 2.05) is 11.0 Å². The number of carbonyl (C=O) groups is 3. The number of nitrogens with zero attached hydrogens (tertiary/aromatic N) is 4. The van der Waals surface area contributed by atoms with E-state index in [9.17, 15) is 33.2 Å². The molecule has 0 bridgehead atoms. The maximum Gasteiger partial charge on any atom is 0.337 e. The van der Waals surface area contributed by atoms with E-state index in [1.165, 1.54) is 6.07 Å². The minimum absolute atomic E-state index is 0.0298. The average molecular weight is 560 g/mol. The van der Waals surface area contributed by atoms with Crippen LogP contribution in [0, 0.1) is 29.1 Å². The number of aromatic nitrogens is 1. The molecule has 3 fully saturated rings. The zero-order chi connectivity index (χ0) is 28.2. The highest BCUT2D eigenvalue weighted by Gasteiger charge is 2.32. The van der Waals surface area contributed by atoms with E-state index in [0.29, 0.717) is 50.6 Å². The van der Waals surface area contributed by atoms with Crippen molar-refractivity contribution in [3.63, 3.8) is 0 Å². The zero-order valence-corrected chi connectivity index (χ0v) is 23.2. The number of anilines is 1. The van der Waals surface area contributed by atoms with Crippen LogP contribution in [-0.2, 0) is 26.2 Å². The number of amides is 2. The van der Waals surface area contributed by atoms with Crippen LogP contribution in [-0.4, -0.2) is 66.6 Å². The van der Waals surface area contributed by atoms with Crippen LogP contribution < -0.4 is 9.62 Å². The zero-order valence-electron chi connectivity index (χ0n) is 22.4. The highest BCUT2D eigenvalue weighted by Crippen LogP contribution is 2.30. The summed E-state index contributed by atoms with van der Waals surface area (Å²) in [6.45, 7) is 3.46. The Morgan fingerprint density at radius 1 is 1.13 bits per heavy atom. The Kier molecular flexibility index (Phi) is 9.10. The van der Waals surface area contributed by atoms with Gasteiger partial charge in [0.1, 0.15) is 11.9 Å². The summed E-state index contributed by atoms with van der Waals surface area (Å²) in [5, 5.41) is 19.4. The Labute approximate surface area is 229 Å². The molecular formula is C27H37N5O6S. The second-order valence-electron chi connectivity index (χ2n) is 11.2. The molecule has 39 heavy (non-hydrogen) atoms. The predicted molar refractivity (Wildman–Crippen MR) is 143 cm³/mol. The molecule has 212 valence electrons. The van der Waals surface area contributed by atoms with E-state index in [1.54, 1.807) is 4.90 Å². The lowest BCUT2D eigenvalue weighted by Gasteiger charge is -2.33. The van der Waals surface area contributed by atoms with Crippen molar-refractivity contribution < 1.29 is 27.9 Å². The molecule has 2 N–H and O–H groups in total. The van der Waals surface area contributed by atoms with Gasteiger partial charge in [0.25, 0.3) is 0 Å². The van der Waals surface area contributed by atoms with Gasteiger partial charge in [-0.1, -0.05) is 19.8 Å². The number of likely N-dealkylation sites (tertiary alicyclic amines) is 1. The van der Waals surface area contributed by atoms with Crippen LogP contribution in [0.4, 0.5) is 5.82 Å². The summed E-state index contributed by atoms with van der Waals surface area (Å²) in [6, 6.07) is 3.33. The van der Waals surface area contributed by atoms with Crippen molar-refractivity contribution in [3.8, 4) is 6.07 Å². The number of hydrogen-bond donors (Lipinski definition) is 2. The lowest BCUT2D eigenvalue weighted by molar-refractivity contribution is -0.134. The highest BCUT2D eigenvalue weighted by atomic mass is 32.2. The van der Waals surface area contributed by atoms with E-state index in [0.717, 1.165) is 38.5 Å². The van der Waals surface area contributed by atoms with Crippen LogP contribution in [0.5, 0.6) is 0 Å².